The largest absolute Gasteiger partial charge is 0.493 e. The molecule has 0 atom stereocenters. The lowest BCUT2D eigenvalue weighted by Crippen LogP contribution is -2.27. The van der Waals surface area contributed by atoms with Gasteiger partial charge in [0.15, 0.2) is 0 Å². The van der Waals surface area contributed by atoms with E-state index in [0.717, 1.165) is 47.2 Å². The summed E-state index contributed by atoms with van der Waals surface area (Å²) in [7, 11) is 4.07. The zero-order valence-corrected chi connectivity index (χ0v) is 29.0. The molecule has 1 heterocycles. The predicted molar refractivity (Wildman–Crippen MR) is 185 cm³/mol. The second-order valence-corrected chi connectivity index (χ2v) is 11.7. The molecule has 3 rings (SSSR count). The van der Waals surface area contributed by atoms with Crippen LogP contribution >= 0.6 is 11.6 Å². The van der Waals surface area contributed by atoms with Gasteiger partial charge in [-0.1, -0.05) is 77.8 Å². The van der Waals surface area contributed by atoms with Gasteiger partial charge in [0.25, 0.3) is 0 Å². The summed E-state index contributed by atoms with van der Waals surface area (Å²) >= 11 is 5.46. The Kier molecular flexibility index (Phi) is 20.2. The van der Waals surface area contributed by atoms with Crippen LogP contribution in [0.1, 0.15) is 114 Å². The first-order chi connectivity index (χ1) is 19.5. The highest BCUT2D eigenvalue weighted by Gasteiger charge is 2.21. The van der Waals surface area contributed by atoms with Gasteiger partial charge in [0, 0.05) is 31.4 Å². The molecule has 41 heavy (non-hydrogen) atoms. The van der Waals surface area contributed by atoms with Crippen molar-refractivity contribution in [3.8, 4) is 0 Å². The van der Waals surface area contributed by atoms with E-state index in [1.165, 1.54) is 44.1 Å². The average Bonchev–Trinajstić information content (AvgIpc) is 2.95. The number of fused-ring (bicyclic) bond motifs is 1. The maximum atomic E-state index is 5.46. The number of alkyl halides is 1. The molecule has 1 saturated carbocycles. The molecule has 0 aliphatic heterocycles. The van der Waals surface area contributed by atoms with Crippen LogP contribution in [0.3, 0.4) is 0 Å². The summed E-state index contributed by atoms with van der Waals surface area (Å²) in [5, 5.41) is 4.69. The molecule has 1 aromatic heterocycles. The van der Waals surface area contributed by atoms with Gasteiger partial charge in [0.2, 0.25) is 5.95 Å². The quantitative estimate of drug-likeness (QED) is 0.170. The van der Waals surface area contributed by atoms with Crippen LogP contribution < -0.4 is 10.2 Å². The van der Waals surface area contributed by atoms with Crippen LogP contribution in [0.5, 0.6) is 0 Å². The Morgan fingerprint density at radius 2 is 1.68 bits per heavy atom. The number of anilines is 2. The van der Waals surface area contributed by atoms with E-state index in [0.29, 0.717) is 11.9 Å². The van der Waals surface area contributed by atoms with E-state index >= 15 is 0 Å². The maximum Gasteiger partial charge on any atom is 0.225 e. The fourth-order valence-electron chi connectivity index (χ4n) is 4.60. The Morgan fingerprint density at radius 3 is 2.12 bits per heavy atom. The third-order valence-corrected chi connectivity index (χ3v) is 7.37. The fraction of sp³-hybridized carbons (Fsp3) is 0.657. The number of ether oxygens (including phenoxy) is 1. The van der Waals surface area contributed by atoms with Gasteiger partial charge >= 0.3 is 0 Å². The second kappa shape index (κ2) is 21.4. The third kappa shape index (κ3) is 16.1. The highest BCUT2D eigenvalue weighted by molar-refractivity contribution is 6.19. The van der Waals surface area contributed by atoms with Crippen molar-refractivity contribution in [2.45, 2.75) is 125 Å². The van der Waals surface area contributed by atoms with Crippen molar-refractivity contribution in [1.82, 2.24) is 9.97 Å². The van der Waals surface area contributed by atoms with E-state index < -0.39 is 0 Å². The van der Waals surface area contributed by atoms with Crippen LogP contribution in [-0.2, 0) is 4.74 Å². The number of allylic oxidation sites excluding steroid dienone is 3. The topological polar surface area (TPSA) is 50.3 Å². The van der Waals surface area contributed by atoms with Crippen LogP contribution in [0.25, 0.3) is 10.9 Å². The molecule has 1 aromatic carbocycles. The summed E-state index contributed by atoms with van der Waals surface area (Å²) in [6, 6.07) is 8.74. The highest BCUT2D eigenvalue weighted by atomic mass is 35.5. The lowest BCUT2D eigenvalue weighted by molar-refractivity contribution is 0.0336. The van der Waals surface area contributed by atoms with Gasteiger partial charge in [0.05, 0.1) is 11.3 Å². The number of aromatic nitrogens is 2. The summed E-state index contributed by atoms with van der Waals surface area (Å²) in [6.07, 6.45) is 12.1. The molecule has 6 heteroatoms. The van der Waals surface area contributed by atoms with Gasteiger partial charge in [-0.15, -0.1) is 11.6 Å². The third-order valence-electron chi connectivity index (χ3n) is 6.95. The van der Waals surface area contributed by atoms with E-state index in [-0.39, 0.29) is 5.60 Å². The van der Waals surface area contributed by atoms with Crippen molar-refractivity contribution in [2.24, 2.45) is 5.92 Å². The molecule has 1 aliphatic carbocycles. The Hall–Kier alpha value is -2.27. The van der Waals surface area contributed by atoms with Crippen molar-refractivity contribution in [3.05, 3.63) is 48.3 Å². The first kappa shape index (κ1) is 38.7. The lowest BCUT2D eigenvalue weighted by Gasteiger charge is -2.29. The number of rotatable bonds is 10. The molecule has 1 aliphatic rings. The smallest absolute Gasteiger partial charge is 0.225 e. The maximum absolute atomic E-state index is 5.46. The molecule has 2 aromatic rings. The van der Waals surface area contributed by atoms with Gasteiger partial charge in [-0.25, -0.2) is 4.98 Å². The molecule has 5 nitrogen and oxygen atoms in total. The van der Waals surface area contributed by atoms with Gasteiger partial charge in [0.1, 0.15) is 11.4 Å². The fourth-order valence-corrected chi connectivity index (χ4v) is 4.71. The lowest BCUT2D eigenvalue weighted by atomic mass is 9.83. The van der Waals surface area contributed by atoms with E-state index in [2.05, 4.69) is 69.6 Å². The Labute approximate surface area is 258 Å². The Bertz CT molecular complexity index is 1010. The van der Waals surface area contributed by atoms with E-state index in [1.807, 2.05) is 53.9 Å². The summed E-state index contributed by atoms with van der Waals surface area (Å²) < 4.78 is 5.39. The van der Waals surface area contributed by atoms with E-state index in [4.69, 9.17) is 26.3 Å². The number of para-hydroxylation sites is 1. The highest BCUT2D eigenvalue weighted by Crippen LogP contribution is 2.30. The molecule has 0 unspecified atom stereocenters. The van der Waals surface area contributed by atoms with Crippen molar-refractivity contribution >= 4 is 34.3 Å². The SMILES string of the molecule is C=C(C)OC(C)(C)CC.CC.CC/C=C(\C)CCl.CCCC1CCC(Nc2nc(N(C)C)c3ccccc3n2)CC1. The van der Waals surface area contributed by atoms with Crippen LogP contribution in [0.2, 0.25) is 0 Å². The molecular weight excluding hydrogens is 528 g/mol. The van der Waals surface area contributed by atoms with E-state index in [1.54, 1.807) is 0 Å². The van der Waals surface area contributed by atoms with Crippen molar-refractivity contribution in [2.75, 3.05) is 30.2 Å². The van der Waals surface area contributed by atoms with Crippen molar-refractivity contribution < 1.29 is 4.74 Å². The number of nitrogens with zero attached hydrogens (tertiary/aromatic N) is 3. The first-order valence-electron chi connectivity index (χ1n) is 15.7. The van der Waals surface area contributed by atoms with E-state index in [9.17, 15) is 0 Å². The normalized spacial score (nSPS) is 16.6. The van der Waals surface area contributed by atoms with Crippen LogP contribution in [0, 0.1) is 5.92 Å². The zero-order chi connectivity index (χ0) is 31.4. The monoisotopic (exact) mass is 588 g/mol. The Balaban J connectivity index is 0.000000736. The minimum Gasteiger partial charge on any atom is -0.493 e. The second-order valence-electron chi connectivity index (χ2n) is 11.4. The number of hydrogen-bond donors (Lipinski definition) is 1. The van der Waals surface area contributed by atoms with Gasteiger partial charge < -0.3 is 15.0 Å². The average molecular weight is 589 g/mol. The molecule has 0 saturated heterocycles. The van der Waals surface area contributed by atoms with Gasteiger partial charge in [-0.2, -0.15) is 4.98 Å². The molecular formula is C35H61ClN4O. The molecule has 0 spiro atoms. The van der Waals surface area contributed by atoms with Gasteiger partial charge in [-0.3, -0.25) is 0 Å². The number of benzene rings is 1. The minimum atomic E-state index is -0.0359. The summed E-state index contributed by atoms with van der Waals surface area (Å²) in [5.41, 5.74) is 2.24. The Morgan fingerprint density at radius 1 is 1.07 bits per heavy atom. The summed E-state index contributed by atoms with van der Waals surface area (Å²) in [5.74, 6) is 4.15. The summed E-state index contributed by atoms with van der Waals surface area (Å²) in [4.78, 5) is 11.5. The number of nitrogens with one attached hydrogen (secondary N) is 1. The molecule has 0 radical (unpaired) electrons. The van der Waals surface area contributed by atoms with Crippen molar-refractivity contribution in [3.63, 3.8) is 0 Å². The van der Waals surface area contributed by atoms with Crippen molar-refractivity contribution in [1.29, 1.82) is 0 Å². The molecule has 0 amide bonds. The van der Waals surface area contributed by atoms with Crippen LogP contribution in [-0.4, -0.2) is 41.6 Å². The molecule has 234 valence electrons. The predicted octanol–water partition coefficient (Wildman–Crippen LogP) is 10.8. The number of hydrogen-bond acceptors (Lipinski definition) is 5. The summed E-state index contributed by atoms with van der Waals surface area (Å²) in [6.45, 7) is 22.2. The molecule has 0 bridgehead atoms. The van der Waals surface area contributed by atoms with Crippen LogP contribution in [0.4, 0.5) is 11.8 Å². The van der Waals surface area contributed by atoms with Gasteiger partial charge in [-0.05, 0) is 84.3 Å². The minimum absolute atomic E-state index is 0.0359. The standard InChI is InChI=1S/C19H28N4.C8H16O.C6H11Cl.C2H6/c1-4-7-14-10-12-15(13-11-14)20-19-21-17-9-6-5-8-16(17)18(22-19)23(2)3;1-6-8(4,5)9-7(2)3;1-3-4-6(2)5-7;1-2/h5-6,8-9,14-15H,4,7,10-13H2,1-3H3,(H,20,21,22);2,6H2,1,3-5H3;4H,3,5H2,1-2H3;1-2H3/b;;6-4+;. The number of halogens is 1. The molecule has 1 N–H and O–H groups in total. The molecule has 1 fully saturated rings. The van der Waals surface area contributed by atoms with Crippen LogP contribution in [0.15, 0.2) is 48.3 Å². The first-order valence-corrected chi connectivity index (χ1v) is 16.3. The zero-order valence-electron chi connectivity index (χ0n) is 28.2.